The summed E-state index contributed by atoms with van der Waals surface area (Å²) >= 11 is 0. The standard InChI is InChI=1S/C23H27N3O3S/c1-17-8-4-9-18(16-17)25-23(27)24-14-7-15-30(28,29)22-13-6-10-19-20(22)11-5-12-21(19)26(2)3/h4-6,8-13,16H,7,14-15H2,1-3H3,(H2,24,25,27). The van der Waals surface area contributed by atoms with Crippen LogP contribution < -0.4 is 15.5 Å². The number of carbonyl (C=O) groups is 1. The van der Waals surface area contributed by atoms with E-state index < -0.39 is 9.84 Å². The van der Waals surface area contributed by atoms with Crippen LogP contribution in [0.3, 0.4) is 0 Å². The van der Waals surface area contributed by atoms with Crippen molar-refractivity contribution in [1.29, 1.82) is 0 Å². The van der Waals surface area contributed by atoms with Crippen molar-refractivity contribution in [3.63, 3.8) is 0 Å². The summed E-state index contributed by atoms with van der Waals surface area (Å²) in [6.45, 7) is 2.22. The number of hydrogen-bond acceptors (Lipinski definition) is 4. The Labute approximate surface area is 177 Å². The van der Waals surface area contributed by atoms with E-state index in [1.165, 1.54) is 0 Å². The minimum absolute atomic E-state index is 0.0387. The maximum atomic E-state index is 13.0. The fraction of sp³-hybridized carbons (Fsp3) is 0.261. The second-order valence-electron chi connectivity index (χ2n) is 7.45. The normalized spacial score (nSPS) is 11.3. The minimum Gasteiger partial charge on any atom is -0.377 e. The third-order valence-electron chi connectivity index (χ3n) is 4.83. The zero-order chi connectivity index (χ0) is 21.7. The Hall–Kier alpha value is -3.06. The van der Waals surface area contributed by atoms with E-state index in [4.69, 9.17) is 0 Å². The van der Waals surface area contributed by atoms with Gasteiger partial charge in [0.15, 0.2) is 9.84 Å². The van der Waals surface area contributed by atoms with Crippen LogP contribution in [0.5, 0.6) is 0 Å². The van der Waals surface area contributed by atoms with Gasteiger partial charge in [0.2, 0.25) is 0 Å². The van der Waals surface area contributed by atoms with Gasteiger partial charge < -0.3 is 15.5 Å². The zero-order valence-electron chi connectivity index (χ0n) is 17.5. The molecule has 158 valence electrons. The van der Waals surface area contributed by atoms with Gasteiger partial charge in [-0.2, -0.15) is 0 Å². The fourth-order valence-corrected chi connectivity index (χ4v) is 4.94. The molecule has 0 saturated heterocycles. The highest BCUT2D eigenvalue weighted by Gasteiger charge is 2.18. The summed E-state index contributed by atoms with van der Waals surface area (Å²) in [6.07, 6.45) is 0.327. The molecule has 0 unspecified atom stereocenters. The second kappa shape index (κ2) is 9.17. The first-order valence-corrected chi connectivity index (χ1v) is 11.5. The van der Waals surface area contributed by atoms with Crippen molar-refractivity contribution < 1.29 is 13.2 Å². The van der Waals surface area contributed by atoms with Crippen molar-refractivity contribution in [2.45, 2.75) is 18.2 Å². The molecule has 3 aromatic carbocycles. The Morgan fingerprint density at radius 3 is 2.40 bits per heavy atom. The first-order valence-electron chi connectivity index (χ1n) is 9.81. The molecule has 0 spiro atoms. The Morgan fingerprint density at radius 1 is 0.967 bits per heavy atom. The van der Waals surface area contributed by atoms with Gasteiger partial charge in [0, 0.05) is 42.8 Å². The van der Waals surface area contributed by atoms with Gasteiger partial charge in [-0.05, 0) is 43.2 Å². The van der Waals surface area contributed by atoms with Crippen LogP contribution in [0.4, 0.5) is 16.2 Å². The lowest BCUT2D eigenvalue weighted by molar-refractivity contribution is 0.252. The van der Waals surface area contributed by atoms with Gasteiger partial charge in [-0.15, -0.1) is 0 Å². The highest BCUT2D eigenvalue weighted by Crippen LogP contribution is 2.30. The monoisotopic (exact) mass is 425 g/mol. The van der Waals surface area contributed by atoms with Crippen LogP contribution in [-0.2, 0) is 9.84 Å². The van der Waals surface area contributed by atoms with Crippen LogP contribution >= 0.6 is 0 Å². The third-order valence-corrected chi connectivity index (χ3v) is 6.68. The van der Waals surface area contributed by atoms with E-state index >= 15 is 0 Å². The number of urea groups is 1. The SMILES string of the molecule is Cc1cccc(NC(=O)NCCCS(=O)(=O)c2cccc3c(N(C)C)cccc23)c1. The van der Waals surface area contributed by atoms with Crippen LogP contribution in [0.1, 0.15) is 12.0 Å². The zero-order valence-corrected chi connectivity index (χ0v) is 18.3. The quantitative estimate of drug-likeness (QED) is 0.556. The van der Waals surface area contributed by atoms with Gasteiger partial charge in [-0.25, -0.2) is 13.2 Å². The molecule has 6 nitrogen and oxygen atoms in total. The van der Waals surface area contributed by atoms with Crippen molar-refractivity contribution in [3.05, 3.63) is 66.2 Å². The summed E-state index contributed by atoms with van der Waals surface area (Å²) in [5.41, 5.74) is 2.72. The summed E-state index contributed by atoms with van der Waals surface area (Å²) in [7, 11) is 0.386. The molecule has 0 saturated carbocycles. The number of amides is 2. The van der Waals surface area contributed by atoms with Gasteiger partial charge in [0.25, 0.3) is 0 Å². The van der Waals surface area contributed by atoms with E-state index in [0.29, 0.717) is 22.4 Å². The predicted octanol–water partition coefficient (Wildman–Crippen LogP) is 4.20. The molecule has 0 atom stereocenters. The third kappa shape index (κ3) is 5.10. The van der Waals surface area contributed by atoms with Crippen molar-refractivity contribution in [2.24, 2.45) is 0 Å². The number of carbonyl (C=O) groups excluding carboxylic acids is 1. The van der Waals surface area contributed by atoms with Crippen molar-refractivity contribution >= 4 is 38.0 Å². The van der Waals surface area contributed by atoms with E-state index in [0.717, 1.165) is 16.6 Å². The van der Waals surface area contributed by atoms with Crippen LogP contribution in [-0.4, -0.2) is 40.8 Å². The molecule has 2 amide bonds. The Bertz CT molecular complexity index is 1160. The van der Waals surface area contributed by atoms with E-state index in [1.54, 1.807) is 18.2 Å². The molecule has 2 N–H and O–H groups in total. The molecule has 0 radical (unpaired) electrons. The summed E-state index contributed by atoms with van der Waals surface area (Å²) < 4.78 is 25.9. The highest BCUT2D eigenvalue weighted by molar-refractivity contribution is 7.91. The number of hydrogen-bond donors (Lipinski definition) is 2. The topological polar surface area (TPSA) is 78.5 Å². The lowest BCUT2D eigenvalue weighted by Gasteiger charge is -2.17. The minimum atomic E-state index is -3.48. The van der Waals surface area contributed by atoms with Crippen LogP contribution in [0, 0.1) is 6.92 Å². The Balaban J connectivity index is 1.63. The predicted molar refractivity (Wildman–Crippen MR) is 123 cm³/mol. The molecular weight excluding hydrogens is 398 g/mol. The number of aryl methyl sites for hydroxylation is 1. The molecule has 3 rings (SSSR count). The number of nitrogens with one attached hydrogen (secondary N) is 2. The molecule has 0 bridgehead atoms. The number of benzene rings is 3. The van der Waals surface area contributed by atoms with Gasteiger partial charge in [0.05, 0.1) is 10.6 Å². The maximum Gasteiger partial charge on any atom is 0.319 e. The largest absolute Gasteiger partial charge is 0.377 e. The van der Waals surface area contributed by atoms with Gasteiger partial charge in [-0.1, -0.05) is 36.4 Å². The molecule has 30 heavy (non-hydrogen) atoms. The lowest BCUT2D eigenvalue weighted by atomic mass is 10.1. The molecular formula is C23H27N3O3S. The first kappa shape index (κ1) is 21.6. The molecule has 3 aromatic rings. The number of nitrogens with zero attached hydrogens (tertiary/aromatic N) is 1. The maximum absolute atomic E-state index is 13.0. The van der Waals surface area contributed by atoms with E-state index in [2.05, 4.69) is 10.6 Å². The van der Waals surface area contributed by atoms with E-state index in [-0.39, 0.29) is 18.3 Å². The first-order chi connectivity index (χ1) is 14.3. The molecule has 0 aliphatic heterocycles. The van der Waals surface area contributed by atoms with Crippen molar-refractivity contribution in [3.8, 4) is 0 Å². The number of sulfone groups is 1. The number of fused-ring (bicyclic) bond motifs is 1. The molecule has 0 aromatic heterocycles. The second-order valence-corrected chi connectivity index (χ2v) is 9.52. The summed E-state index contributed by atoms with van der Waals surface area (Å²) in [5.74, 6) is -0.0387. The molecule has 0 fully saturated rings. The summed E-state index contributed by atoms with van der Waals surface area (Å²) in [4.78, 5) is 14.3. The lowest BCUT2D eigenvalue weighted by Crippen LogP contribution is -2.30. The van der Waals surface area contributed by atoms with Gasteiger partial charge >= 0.3 is 6.03 Å². The molecule has 0 aliphatic rings. The van der Waals surface area contributed by atoms with Crippen molar-refractivity contribution in [2.75, 3.05) is 36.6 Å². The van der Waals surface area contributed by atoms with Crippen LogP contribution in [0.15, 0.2) is 65.6 Å². The highest BCUT2D eigenvalue weighted by atomic mass is 32.2. The average Bonchev–Trinajstić information content (AvgIpc) is 2.70. The summed E-state index contributed by atoms with van der Waals surface area (Å²) in [5, 5.41) is 7.08. The average molecular weight is 426 g/mol. The van der Waals surface area contributed by atoms with E-state index in [9.17, 15) is 13.2 Å². The summed E-state index contributed by atoms with van der Waals surface area (Å²) in [6, 6.07) is 18.2. The molecule has 0 aliphatic carbocycles. The number of anilines is 2. The van der Waals surface area contributed by atoms with Gasteiger partial charge in [0.1, 0.15) is 0 Å². The smallest absolute Gasteiger partial charge is 0.319 e. The van der Waals surface area contributed by atoms with Crippen molar-refractivity contribution in [1.82, 2.24) is 5.32 Å². The van der Waals surface area contributed by atoms with E-state index in [1.807, 2.05) is 68.4 Å². The molecule has 7 heteroatoms. The Kier molecular flexibility index (Phi) is 6.62. The fourth-order valence-electron chi connectivity index (χ4n) is 3.40. The van der Waals surface area contributed by atoms with Crippen LogP contribution in [0.25, 0.3) is 10.8 Å². The Morgan fingerprint density at radius 2 is 1.67 bits per heavy atom. The van der Waals surface area contributed by atoms with Crippen LogP contribution in [0.2, 0.25) is 0 Å². The number of rotatable bonds is 7. The van der Waals surface area contributed by atoms with Gasteiger partial charge in [-0.3, -0.25) is 0 Å². The molecule has 0 heterocycles.